The predicted octanol–water partition coefficient (Wildman–Crippen LogP) is 4.09. The zero-order valence-electron chi connectivity index (χ0n) is 9.23. The fraction of sp³-hybridized carbons (Fsp3) is 0.364. The second-order valence-corrected chi connectivity index (χ2v) is 5.72. The second-order valence-electron chi connectivity index (χ2n) is 3.88. The topological polar surface area (TPSA) is 29.1 Å². The van der Waals surface area contributed by atoms with E-state index in [9.17, 15) is 13.6 Å². The Morgan fingerprint density at radius 1 is 1.29 bits per heavy atom. The first kappa shape index (κ1) is 14.6. The fourth-order valence-corrected chi connectivity index (χ4v) is 1.58. The molecule has 1 N–H and O–H groups in total. The lowest BCUT2D eigenvalue weighted by Crippen LogP contribution is -2.27. The normalized spacial score (nSPS) is 12.6. The lowest BCUT2D eigenvalue weighted by molar-refractivity contribution is -0.116. The van der Waals surface area contributed by atoms with Gasteiger partial charge in [-0.2, -0.15) is 0 Å². The number of amides is 1. The third-order valence-electron chi connectivity index (χ3n) is 2.10. The van der Waals surface area contributed by atoms with E-state index in [0.717, 1.165) is 6.07 Å². The van der Waals surface area contributed by atoms with Crippen LogP contribution in [0.15, 0.2) is 16.6 Å². The van der Waals surface area contributed by atoms with Crippen molar-refractivity contribution in [1.82, 2.24) is 0 Å². The van der Waals surface area contributed by atoms with Crippen LogP contribution >= 0.6 is 31.9 Å². The zero-order valence-corrected chi connectivity index (χ0v) is 12.4. The Hall–Kier alpha value is -0.490. The number of carbonyl (C=O) groups is 1. The van der Waals surface area contributed by atoms with Crippen LogP contribution in [0, 0.1) is 17.6 Å². The average molecular weight is 371 g/mol. The maximum Gasteiger partial charge on any atom is 0.238 e. The summed E-state index contributed by atoms with van der Waals surface area (Å²) in [5.74, 6) is -1.80. The molecule has 94 valence electrons. The van der Waals surface area contributed by atoms with E-state index in [0.29, 0.717) is 0 Å². The van der Waals surface area contributed by atoms with Crippen LogP contribution in [0.2, 0.25) is 0 Å². The summed E-state index contributed by atoms with van der Waals surface area (Å²) in [7, 11) is 0. The zero-order chi connectivity index (χ0) is 13.2. The van der Waals surface area contributed by atoms with Gasteiger partial charge in [-0.05, 0) is 27.9 Å². The van der Waals surface area contributed by atoms with Crippen molar-refractivity contribution < 1.29 is 13.6 Å². The lowest BCUT2D eigenvalue weighted by Gasteiger charge is -2.14. The molecular formula is C11H11Br2F2NO. The highest BCUT2D eigenvalue weighted by Gasteiger charge is 2.20. The Morgan fingerprint density at radius 2 is 1.88 bits per heavy atom. The molecule has 0 fully saturated rings. The Kier molecular flexibility index (Phi) is 5.06. The summed E-state index contributed by atoms with van der Waals surface area (Å²) < 4.78 is 26.4. The van der Waals surface area contributed by atoms with Crippen LogP contribution < -0.4 is 5.32 Å². The quantitative estimate of drug-likeness (QED) is 0.630. The molecule has 1 aromatic rings. The molecule has 0 spiro atoms. The molecule has 0 aliphatic carbocycles. The van der Waals surface area contributed by atoms with Crippen molar-refractivity contribution in [1.29, 1.82) is 0 Å². The molecule has 6 heteroatoms. The second kappa shape index (κ2) is 5.91. The number of hydrogen-bond donors (Lipinski definition) is 1. The van der Waals surface area contributed by atoms with Crippen molar-refractivity contribution in [3.63, 3.8) is 0 Å². The van der Waals surface area contributed by atoms with Crippen LogP contribution in [0.5, 0.6) is 0 Å². The number of anilines is 1. The molecule has 0 saturated heterocycles. The number of halogens is 4. The fourth-order valence-electron chi connectivity index (χ4n) is 1.12. The van der Waals surface area contributed by atoms with Gasteiger partial charge in [0, 0.05) is 6.07 Å². The van der Waals surface area contributed by atoms with E-state index in [1.54, 1.807) is 0 Å². The summed E-state index contributed by atoms with van der Waals surface area (Å²) >= 11 is 6.13. The van der Waals surface area contributed by atoms with Gasteiger partial charge in [0.05, 0.1) is 15.0 Å². The summed E-state index contributed by atoms with van der Waals surface area (Å²) in [5.41, 5.74) is -0.0478. The van der Waals surface area contributed by atoms with Gasteiger partial charge in [0.1, 0.15) is 11.6 Å². The molecule has 2 nitrogen and oxygen atoms in total. The van der Waals surface area contributed by atoms with Crippen LogP contribution in [0.25, 0.3) is 0 Å². The minimum absolute atomic E-state index is 0.0478. The van der Waals surface area contributed by atoms with Gasteiger partial charge in [-0.3, -0.25) is 4.79 Å². The molecule has 1 aromatic carbocycles. The van der Waals surface area contributed by atoms with E-state index in [-0.39, 0.29) is 22.0 Å². The molecule has 0 bridgehead atoms. The van der Waals surface area contributed by atoms with Crippen LogP contribution in [-0.4, -0.2) is 10.7 Å². The van der Waals surface area contributed by atoms with Crippen LogP contribution in [0.1, 0.15) is 13.8 Å². The van der Waals surface area contributed by atoms with E-state index in [1.165, 1.54) is 6.07 Å². The average Bonchev–Trinajstić information content (AvgIpc) is 2.24. The molecule has 0 radical (unpaired) electrons. The molecule has 17 heavy (non-hydrogen) atoms. The third kappa shape index (κ3) is 3.74. The van der Waals surface area contributed by atoms with Crippen molar-refractivity contribution >= 4 is 43.5 Å². The standard InChI is InChI=1S/C11H11Br2F2NO/c1-5(2)10(13)11(17)16-9-3-6(12)7(14)4-8(9)15/h3-5,10H,1-2H3,(H,16,17). The monoisotopic (exact) mass is 369 g/mol. The Morgan fingerprint density at radius 3 is 2.41 bits per heavy atom. The van der Waals surface area contributed by atoms with Crippen molar-refractivity contribution in [2.45, 2.75) is 18.7 Å². The first-order valence-electron chi connectivity index (χ1n) is 4.92. The van der Waals surface area contributed by atoms with E-state index >= 15 is 0 Å². The Labute approximate surface area is 115 Å². The first-order chi connectivity index (χ1) is 7.82. The molecule has 0 aliphatic rings. The van der Waals surface area contributed by atoms with Crippen molar-refractivity contribution in [2.75, 3.05) is 5.32 Å². The van der Waals surface area contributed by atoms with Crippen LogP contribution in [0.3, 0.4) is 0 Å². The molecule has 1 atom stereocenters. The number of alkyl halides is 1. The van der Waals surface area contributed by atoms with Gasteiger partial charge in [-0.25, -0.2) is 8.78 Å². The molecule has 0 heterocycles. The van der Waals surface area contributed by atoms with Crippen molar-refractivity contribution in [3.05, 3.63) is 28.2 Å². The molecular weight excluding hydrogens is 360 g/mol. The lowest BCUT2D eigenvalue weighted by atomic mass is 10.1. The molecule has 1 rings (SSSR count). The van der Waals surface area contributed by atoms with Crippen molar-refractivity contribution in [3.8, 4) is 0 Å². The van der Waals surface area contributed by atoms with Gasteiger partial charge >= 0.3 is 0 Å². The Bertz CT molecular complexity index is 438. The summed E-state index contributed by atoms with van der Waals surface area (Å²) in [6, 6.07) is 1.92. The highest BCUT2D eigenvalue weighted by molar-refractivity contribution is 9.10. The minimum Gasteiger partial charge on any atom is -0.323 e. The molecule has 1 amide bonds. The molecule has 1 unspecified atom stereocenters. The summed E-state index contributed by atoms with van der Waals surface area (Å²) in [5, 5.41) is 2.40. The predicted molar refractivity (Wildman–Crippen MR) is 70.2 cm³/mol. The summed E-state index contributed by atoms with van der Waals surface area (Å²) in [4.78, 5) is 11.2. The number of hydrogen-bond acceptors (Lipinski definition) is 1. The molecule has 0 aliphatic heterocycles. The number of rotatable bonds is 3. The first-order valence-corrected chi connectivity index (χ1v) is 6.63. The van der Waals surface area contributed by atoms with E-state index in [1.807, 2.05) is 13.8 Å². The van der Waals surface area contributed by atoms with Crippen LogP contribution in [-0.2, 0) is 4.79 Å². The third-order valence-corrected chi connectivity index (χ3v) is 4.18. The molecule has 0 aromatic heterocycles. The Balaban J connectivity index is 2.89. The number of nitrogens with one attached hydrogen (secondary N) is 1. The highest BCUT2D eigenvalue weighted by Crippen LogP contribution is 2.24. The van der Waals surface area contributed by atoms with Gasteiger partial charge in [0.25, 0.3) is 0 Å². The van der Waals surface area contributed by atoms with Crippen molar-refractivity contribution in [2.24, 2.45) is 5.92 Å². The smallest absolute Gasteiger partial charge is 0.238 e. The van der Waals surface area contributed by atoms with Gasteiger partial charge in [0.15, 0.2) is 0 Å². The maximum atomic E-state index is 13.4. The minimum atomic E-state index is -0.803. The largest absolute Gasteiger partial charge is 0.323 e. The van der Waals surface area contributed by atoms with Gasteiger partial charge < -0.3 is 5.32 Å². The molecule has 0 saturated carbocycles. The maximum absolute atomic E-state index is 13.4. The van der Waals surface area contributed by atoms with E-state index in [2.05, 4.69) is 37.2 Å². The number of benzene rings is 1. The summed E-state index contributed by atoms with van der Waals surface area (Å²) in [6.07, 6.45) is 0. The van der Waals surface area contributed by atoms with Gasteiger partial charge in [0.2, 0.25) is 5.91 Å². The van der Waals surface area contributed by atoms with E-state index < -0.39 is 16.5 Å². The van der Waals surface area contributed by atoms with Crippen LogP contribution in [0.4, 0.5) is 14.5 Å². The van der Waals surface area contributed by atoms with E-state index in [4.69, 9.17) is 0 Å². The SMILES string of the molecule is CC(C)C(Br)C(=O)Nc1cc(Br)c(F)cc1F. The number of carbonyl (C=O) groups excluding carboxylic acids is 1. The highest BCUT2D eigenvalue weighted by atomic mass is 79.9. The van der Waals surface area contributed by atoms with Gasteiger partial charge in [-0.1, -0.05) is 29.8 Å². The van der Waals surface area contributed by atoms with Gasteiger partial charge in [-0.15, -0.1) is 0 Å². The summed E-state index contributed by atoms with van der Waals surface area (Å²) in [6.45, 7) is 3.71.